The summed E-state index contributed by atoms with van der Waals surface area (Å²) in [6.07, 6.45) is 0. The first-order valence-electron chi connectivity index (χ1n) is 6.37. The van der Waals surface area contributed by atoms with Crippen LogP contribution in [0.4, 0.5) is 5.69 Å². The molecule has 0 aromatic heterocycles. The number of phenolic OH excluding ortho intramolecular Hbond substituents is 1. The molecule has 2 aromatic rings. The van der Waals surface area contributed by atoms with Crippen LogP contribution in [0.1, 0.15) is 12.5 Å². The lowest BCUT2D eigenvalue weighted by molar-refractivity contribution is -0.145. The molecule has 5 heteroatoms. The number of phenols is 1. The molecular formula is C16H16ClNO3. The quantitative estimate of drug-likeness (QED) is 0.848. The van der Waals surface area contributed by atoms with Gasteiger partial charge >= 0.3 is 5.97 Å². The largest absolute Gasteiger partial charge is 0.508 e. The Morgan fingerprint density at radius 1 is 1.24 bits per heavy atom. The normalized spacial score (nSPS) is 13.3. The Labute approximate surface area is 128 Å². The molecule has 110 valence electrons. The van der Waals surface area contributed by atoms with Gasteiger partial charge in [-0.15, -0.1) is 0 Å². The minimum Gasteiger partial charge on any atom is -0.508 e. The number of anilines is 1. The lowest BCUT2D eigenvalue weighted by Gasteiger charge is -2.29. The summed E-state index contributed by atoms with van der Waals surface area (Å²) in [5.74, 6) is -0.386. The predicted molar refractivity (Wildman–Crippen MR) is 82.5 cm³/mol. The Balaban J connectivity index is 2.45. The zero-order valence-corrected chi connectivity index (χ0v) is 12.5. The number of carbonyl (C=O) groups is 1. The van der Waals surface area contributed by atoms with Gasteiger partial charge in [0.25, 0.3) is 0 Å². The second-order valence-corrected chi connectivity index (χ2v) is 5.24. The zero-order valence-electron chi connectivity index (χ0n) is 11.8. The molecule has 0 heterocycles. The first-order chi connectivity index (χ1) is 9.95. The number of aromatic hydroxyl groups is 1. The van der Waals surface area contributed by atoms with Gasteiger partial charge in [-0.1, -0.05) is 29.8 Å². The van der Waals surface area contributed by atoms with Gasteiger partial charge in [0.1, 0.15) is 5.75 Å². The van der Waals surface area contributed by atoms with Crippen molar-refractivity contribution in [2.24, 2.45) is 0 Å². The van der Waals surface area contributed by atoms with E-state index < -0.39 is 11.5 Å². The summed E-state index contributed by atoms with van der Waals surface area (Å²) in [5, 5.41) is 13.3. The van der Waals surface area contributed by atoms with Crippen molar-refractivity contribution in [3.8, 4) is 5.75 Å². The van der Waals surface area contributed by atoms with Crippen molar-refractivity contribution in [3.05, 3.63) is 59.1 Å². The van der Waals surface area contributed by atoms with E-state index in [2.05, 4.69) is 5.32 Å². The Kier molecular flexibility index (Phi) is 4.38. The van der Waals surface area contributed by atoms with E-state index in [4.69, 9.17) is 16.3 Å². The van der Waals surface area contributed by atoms with E-state index >= 15 is 0 Å². The standard InChI is InChI=1S/C16H16ClNO3/c1-16(15(20)21-2,11-5-3-8-14(19)9-11)18-13-7-4-6-12(17)10-13/h3-10,18-19H,1-2H3. The molecule has 1 unspecified atom stereocenters. The second kappa shape index (κ2) is 6.06. The zero-order chi connectivity index (χ0) is 15.5. The smallest absolute Gasteiger partial charge is 0.335 e. The van der Waals surface area contributed by atoms with Gasteiger partial charge in [-0.2, -0.15) is 0 Å². The summed E-state index contributed by atoms with van der Waals surface area (Å²) in [4.78, 5) is 12.2. The summed E-state index contributed by atoms with van der Waals surface area (Å²) in [5.41, 5.74) is 0.131. The average Bonchev–Trinajstić information content (AvgIpc) is 2.46. The Hall–Kier alpha value is -2.20. The molecule has 1 atom stereocenters. The molecule has 0 aliphatic rings. The highest BCUT2D eigenvalue weighted by Crippen LogP contribution is 2.30. The molecule has 0 saturated carbocycles. The maximum absolute atomic E-state index is 12.2. The fourth-order valence-corrected chi connectivity index (χ4v) is 2.31. The molecule has 0 aliphatic carbocycles. The molecule has 0 radical (unpaired) electrons. The van der Waals surface area contributed by atoms with E-state index in [0.29, 0.717) is 16.3 Å². The van der Waals surface area contributed by atoms with Gasteiger partial charge in [0.2, 0.25) is 0 Å². The number of halogens is 1. The van der Waals surface area contributed by atoms with Crippen molar-refractivity contribution in [1.82, 2.24) is 0 Å². The second-order valence-electron chi connectivity index (χ2n) is 4.80. The molecule has 0 saturated heterocycles. The molecule has 0 aliphatic heterocycles. The van der Waals surface area contributed by atoms with Gasteiger partial charge < -0.3 is 15.2 Å². The lowest BCUT2D eigenvalue weighted by Crippen LogP contribution is -2.41. The molecular weight excluding hydrogens is 290 g/mol. The van der Waals surface area contributed by atoms with Crippen LogP contribution in [0.5, 0.6) is 5.75 Å². The summed E-state index contributed by atoms with van der Waals surface area (Å²) < 4.78 is 4.90. The van der Waals surface area contributed by atoms with Gasteiger partial charge in [0, 0.05) is 10.7 Å². The number of methoxy groups -OCH3 is 1. The van der Waals surface area contributed by atoms with Crippen LogP contribution in [-0.4, -0.2) is 18.2 Å². The highest BCUT2D eigenvalue weighted by atomic mass is 35.5. The molecule has 0 fully saturated rings. The van der Waals surface area contributed by atoms with Crippen LogP contribution in [-0.2, 0) is 15.1 Å². The molecule has 21 heavy (non-hydrogen) atoms. The third kappa shape index (κ3) is 3.28. The van der Waals surface area contributed by atoms with Crippen LogP contribution in [0.25, 0.3) is 0 Å². The molecule has 2 N–H and O–H groups in total. The minimum atomic E-state index is -1.14. The van der Waals surface area contributed by atoms with Gasteiger partial charge in [-0.25, -0.2) is 4.79 Å². The van der Waals surface area contributed by atoms with E-state index in [1.54, 1.807) is 49.4 Å². The first kappa shape index (κ1) is 15.2. The van der Waals surface area contributed by atoms with Gasteiger partial charge in [0.05, 0.1) is 7.11 Å². The fraction of sp³-hybridized carbons (Fsp3) is 0.188. The minimum absolute atomic E-state index is 0.0792. The van der Waals surface area contributed by atoms with E-state index in [9.17, 15) is 9.90 Å². The number of benzene rings is 2. The van der Waals surface area contributed by atoms with E-state index in [1.807, 2.05) is 0 Å². The maximum Gasteiger partial charge on any atom is 0.335 e. The number of ether oxygens (including phenoxy) is 1. The van der Waals surface area contributed by atoms with E-state index in [-0.39, 0.29) is 5.75 Å². The van der Waals surface area contributed by atoms with E-state index in [0.717, 1.165) is 0 Å². The van der Waals surface area contributed by atoms with Crippen molar-refractivity contribution in [2.45, 2.75) is 12.5 Å². The Morgan fingerprint density at radius 2 is 1.95 bits per heavy atom. The number of carbonyl (C=O) groups excluding carboxylic acids is 1. The van der Waals surface area contributed by atoms with E-state index in [1.165, 1.54) is 13.2 Å². The number of hydrogen-bond acceptors (Lipinski definition) is 4. The lowest BCUT2D eigenvalue weighted by atomic mass is 9.91. The highest BCUT2D eigenvalue weighted by molar-refractivity contribution is 6.30. The predicted octanol–water partition coefficient (Wildman–Crippen LogP) is 3.55. The van der Waals surface area contributed by atoms with Gasteiger partial charge in [-0.05, 0) is 42.8 Å². The van der Waals surface area contributed by atoms with Crippen molar-refractivity contribution >= 4 is 23.3 Å². The molecule has 0 spiro atoms. The van der Waals surface area contributed by atoms with Crippen LogP contribution in [0.2, 0.25) is 5.02 Å². The van der Waals surface area contributed by atoms with Crippen LogP contribution in [0.15, 0.2) is 48.5 Å². The van der Waals surface area contributed by atoms with Crippen LogP contribution >= 0.6 is 11.6 Å². The average molecular weight is 306 g/mol. The monoisotopic (exact) mass is 305 g/mol. The topological polar surface area (TPSA) is 58.6 Å². The molecule has 0 bridgehead atoms. The SMILES string of the molecule is COC(=O)C(C)(Nc1cccc(Cl)c1)c1cccc(O)c1. The number of nitrogens with one attached hydrogen (secondary N) is 1. The number of esters is 1. The number of hydrogen-bond donors (Lipinski definition) is 2. The molecule has 4 nitrogen and oxygen atoms in total. The third-order valence-corrected chi connectivity index (χ3v) is 3.47. The van der Waals surface area contributed by atoms with Gasteiger partial charge in [-0.3, -0.25) is 0 Å². The van der Waals surface area contributed by atoms with Crippen LogP contribution in [0, 0.1) is 0 Å². The van der Waals surface area contributed by atoms with Crippen molar-refractivity contribution in [2.75, 3.05) is 12.4 Å². The molecule has 0 amide bonds. The highest BCUT2D eigenvalue weighted by Gasteiger charge is 2.36. The maximum atomic E-state index is 12.2. The summed E-state index contributed by atoms with van der Waals surface area (Å²) >= 11 is 5.96. The summed E-state index contributed by atoms with van der Waals surface area (Å²) in [6, 6.07) is 13.5. The van der Waals surface area contributed by atoms with Crippen molar-refractivity contribution in [1.29, 1.82) is 0 Å². The van der Waals surface area contributed by atoms with Crippen molar-refractivity contribution in [3.63, 3.8) is 0 Å². The van der Waals surface area contributed by atoms with Crippen molar-refractivity contribution < 1.29 is 14.6 Å². The summed E-state index contributed by atoms with van der Waals surface area (Å²) in [6.45, 7) is 1.69. The first-order valence-corrected chi connectivity index (χ1v) is 6.75. The molecule has 2 aromatic carbocycles. The fourth-order valence-electron chi connectivity index (χ4n) is 2.12. The van der Waals surface area contributed by atoms with Gasteiger partial charge in [0.15, 0.2) is 5.54 Å². The van der Waals surface area contributed by atoms with Crippen LogP contribution < -0.4 is 5.32 Å². The summed E-state index contributed by atoms with van der Waals surface area (Å²) in [7, 11) is 1.32. The molecule has 2 rings (SSSR count). The van der Waals surface area contributed by atoms with Crippen LogP contribution in [0.3, 0.4) is 0 Å². The Bertz CT molecular complexity index is 659. The third-order valence-electron chi connectivity index (χ3n) is 3.24. The Morgan fingerprint density at radius 3 is 2.57 bits per heavy atom. The number of rotatable bonds is 4.